The second-order valence-corrected chi connectivity index (χ2v) is 8.16. The van der Waals surface area contributed by atoms with Crippen molar-refractivity contribution in [3.63, 3.8) is 0 Å². The van der Waals surface area contributed by atoms with Crippen molar-refractivity contribution in [1.82, 2.24) is 0 Å². The second-order valence-electron chi connectivity index (χ2n) is 7.75. The Hall–Kier alpha value is -4.10. The van der Waals surface area contributed by atoms with Gasteiger partial charge in [-0.3, -0.25) is 4.79 Å². The number of amides is 1. The molecule has 8 heteroatoms. The minimum atomic E-state index is -1.08. The number of carboxylic acid groups (broad SMARTS) is 1. The molecule has 0 aliphatic carbocycles. The van der Waals surface area contributed by atoms with Crippen LogP contribution < -0.4 is 14.5 Å². The van der Waals surface area contributed by atoms with E-state index in [2.05, 4.69) is 5.10 Å². The van der Waals surface area contributed by atoms with E-state index in [1.54, 1.807) is 37.3 Å². The summed E-state index contributed by atoms with van der Waals surface area (Å²) in [6.07, 6.45) is 1.68. The van der Waals surface area contributed by atoms with Gasteiger partial charge in [0, 0.05) is 0 Å². The number of benzene rings is 3. The molecule has 1 N–H and O–H groups in total. The Morgan fingerprint density at radius 3 is 2.57 bits per heavy atom. The van der Waals surface area contributed by atoms with Crippen molar-refractivity contribution in [3.05, 3.63) is 94.0 Å². The molecule has 0 aromatic heterocycles. The van der Waals surface area contributed by atoms with Crippen LogP contribution in [0, 0.1) is 0 Å². The lowest BCUT2D eigenvalue weighted by molar-refractivity contribution is -0.114. The summed E-state index contributed by atoms with van der Waals surface area (Å²) in [5.41, 5.74) is 2.93. The molecule has 0 fully saturated rings. The molecule has 0 atom stereocenters. The van der Waals surface area contributed by atoms with Crippen molar-refractivity contribution in [1.29, 1.82) is 0 Å². The third-order valence-electron chi connectivity index (χ3n) is 5.27. The van der Waals surface area contributed by atoms with Gasteiger partial charge >= 0.3 is 5.97 Å². The van der Waals surface area contributed by atoms with Crippen LogP contribution in [0.15, 0.2) is 77.4 Å². The minimum absolute atomic E-state index is 0.0693. The van der Waals surface area contributed by atoms with Gasteiger partial charge in [0.2, 0.25) is 0 Å². The number of anilines is 1. The Morgan fingerprint density at radius 2 is 1.86 bits per heavy atom. The van der Waals surface area contributed by atoms with Crippen molar-refractivity contribution in [2.45, 2.75) is 20.5 Å². The number of hydrazone groups is 1. The third-order valence-corrected chi connectivity index (χ3v) is 5.55. The van der Waals surface area contributed by atoms with Gasteiger partial charge in [0.05, 0.1) is 34.2 Å². The summed E-state index contributed by atoms with van der Waals surface area (Å²) in [4.78, 5) is 24.4. The van der Waals surface area contributed by atoms with E-state index in [0.717, 1.165) is 5.56 Å². The van der Waals surface area contributed by atoms with Gasteiger partial charge in [-0.25, -0.2) is 4.79 Å². The van der Waals surface area contributed by atoms with Crippen molar-refractivity contribution >= 4 is 41.0 Å². The highest BCUT2D eigenvalue weighted by Crippen LogP contribution is 2.38. The summed E-state index contributed by atoms with van der Waals surface area (Å²) in [5.74, 6) is -0.560. The fourth-order valence-electron chi connectivity index (χ4n) is 3.60. The zero-order valence-electron chi connectivity index (χ0n) is 19.2. The molecule has 3 aromatic rings. The molecule has 0 saturated carbocycles. The van der Waals surface area contributed by atoms with E-state index in [9.17, 15) is 14.7 Å². The molecule has 1 aliphatic rings. The van der Waals surface area contributed by atoms with Crippen molar-refractivity contribution in [2.75, 3.05) is 11.6 Å². The second kappa shape index (κ2) is 10.4. The highest BCUT2D eigenvalue weighted by Gasteiger charge is 2.29. The van der Waals surface area contributed by atoms with Gasteiger partial charge in [0.25, 0.3) is 5.91 Å². The predicted octanol–water partition coefficient (Wildman–Crippen LogP) is 5.82. The van der Waals surface area contributed by atoms with Crippen LogP contribution in [0.5, 0.6) is 11.5 Å². The van der Waals surface area contributed by atoms with E-state index < -0.39 is 5.97 Å². The number of nitrogens with zero attached hydrogens (tertiary/aromatic N) is 2. The number of hydrogen-bond donors (Lipinski definition) is 1. The zero-order valence-corrected chi connectivity index (χ0v) is 20.0. The van der Waals surface area contributed by atoms with Gasteiger partial charge in [-0.05, 0) is 61.4 Å². The smallest absolute Gasteiger partial charge is 0.335 e. The maximum Gasteiger partial charge on any atom is 0.335 e. The molecule has 178 valence electrons. The average Bonchev–Trinajstić information content (AvgIpc) is 3.13. The summed E-state index contributed by atoms with van der Waals surface area (Å²) >= 11 is 6.55. The Bertz CT molecular complexity index is 1330. The molecule has 0 bridgehead atoms. The molecule has 1 amide bonds. The number of rotatable bonds is 8. The Balaban J connectivity index is 1.62. The quantitative estimate of drug-likeness (QED) is 0.402. The van der Waals surface area contributed by atoms with Crippen LogP contribution in [-0.2, 0) is 11.4 Å². The molecule has 7 nitrogen and oxygen atoms in total. The van der Waals surface area contributed by atoms with Crippen LogP contribution in [0.25, 0.3) is 6.08 Å². The topological polar surface area (TPSA) is 88.4 Å². The van der Waals surface area contributed by atoms with Gasteiger partial charge in [-0.1, -0.05) is 48.0 Å². The number of carbonyl (C=O) groups excluding carboxylic acids is 1. The summed E-state index contributed by atoms with van der Waals surface area (Å²) in [6.45, 7) is 4.31. The fraction of sp³-hybridized carbons (Fsp3) is 0.148. The molecule has 0 spiro atoms. The Labute approximate surface area is 207 Å². The maximum atomic E-state index is 13.1. The lowest BCUT2D eigenvalue weighted by atomic mass is 10.1. The fourth-order valence-corrected chi connectivity index (χ4v) is 3.87. The number of carbonyl (C=O) groups is 2. The summed E-state index contributed by atoms with van der Waals surface area (Å²) in [5, 5.41) is 15.1. The molecule has 1 aliphatic heterocycles. The molecular weight excluding hydrogens is 468 g/mol. The molecule has 35 heavy (non-hydrogen) atoms. The van der Waals surface area contributed by atoms with E-state index in [1.807, 2.05) is 37.3 Å². The molecule has 1 heterocycles. The number of aromatic carboxylic acids is 1. The monoisotopic (exact) mass is 490 g/mol. The predicted molar refractivity (Wildman–Crippen MR) is 135 cm³/mol. The lowest BCUT2D eigenvalue weighted by Crippen LogP contribution is -2.21. The first-order valence-corrected chi connectivity index (χ1v) is 11.3. The Morgan fingerprint density at radius 1 is 1.09 bits per heavy atom. The van der Waals surface area contributed by atoms with E-state index in [4.69, 9.17) is 21.1 Å². The molecule has 4 rings (SSSR count). The van der Waals surface area contributed by atoms with Crippen LogP contribution in [0.2, 0.25) is 5.02 Å². The zero-order chi connectivity index (χ0) is 24.9. The van der Waals surface area contributed by atoms with Gasteiger partial charge in [-0.2, -0.15) is 10.1 Å². The molecule has 0 saturated heterocycles. The highest BCUT2D eigenvalue weighted by atomic mass is 35.5. The molecule has 0 radical (unpaired) electrons. The van der Waals surface area contributed by atoms with Crippen LogP contribution in [0.1, 0.15) is 35.3 Å². The van der Waals surface area contributed by atoms with Crippen LogP contribution in [0.3, 0.4) is 0 Å². The molecular formula is C27H23ClN2O5. The van der Waals surface area contributed by atoms with Gasteiger partial charge in [0.1, 0.15) is 6.61 Å². The average molecular weight is 491 g/mol. The van der Waals surface area contributed by atoms with Gasteiger partial charge in [0.15, 0.2) is 11.5 Å². The molecule has 0 unspecified atom stereocenters. The van der Waals surface area contributed by atoms with E-state index >= 15 is 0 Å². The molecule has 3 aromatic carbocycles. The number of ether oxygens (including phenoxy) is 2. The minimum Gasteiger partial charge on any atom is -0.490 e. The van der Waals surface area contributed by atoms with Crippen LogP contribution in [-0.4, -0.2) is 29.3 Å². The van der Waals surface area contributed by atoms with Crippen LogP contribution >= 0.6 is 11.6 Å². The summed E-state index contributed by atoms with van der Waals surface area (Å²) in [6, 6.07) is 19.2. The lowest BCUT2D eigenvalue weighted by Gasteiger charge is -2.15. The van der Waals surface area contributed by atoms with Crippen molar-refractivity contribution in [3.8, 4) is 11.5 Å². The van der Waals surface area contributed by atoms with Gasteiger partial charge in [-0.15, -0.1) is 0 Å². The number of hydrogen-bond acceptors (Lipinski definition) is 5. The first kappa shape index (κ1) is 24.0. The van der Waals surface area contributed by atoms with E-state index in [1.165, 1.54) is 17.1 Å². The first-order chi connectivity index (χ1) is 16.9. The standard InChI is InChI=1S/C27H23ClN2O5/c1-3-34-24-14-19(13-23(28)25(24)35-16-18-8-5-4-6-9-18)12-22-17(2)29-30(26(22)31)21-11-7-10-20(15-21)27(32)33/h4-15H,3,16H2,1-2H3,(H,32,33)/b22-12-. The SMILES string of the molecule is CCOc1cc(/C=C2\C(=O)N(c3cccc(C(=O)O)c3)N=C2C)cc(Cl)c1OCc1ccccc1. The van der Waals surface area contributed by atoms with Crippen molar-refractivity contribution in [2.24, 2.45) is 5.10 Å². The van der Waals surface area contributed by atoms with Crippen molar-refractivity contribution < 1.29 is 24.2 Å². The normalized spacial score (nSPS) is 14.3. The van der Waals surface area contributed by atoms with Gasteiger partial charge < -0.3 is 14.6 Å². The van der Waals surface area contributed by atoms with E-state index in [-0.39, 0.29) is 11.5 Å². The summed E-state index contributed by atoms with van der Waals surface area (Å²) < 4.78 is 11.7. The highest BCUT2D eigenvalue weighted by molar-refractivity contribution is 6.33. The third kappa shape index (κ3) is 5.36. The summed E-state index contributed by atoms with van der Waals surface area (Å²) in [7, 11) is 0. The number of halogens is 1. The maximum absolute atomic E-state index is 13.1. The van der Waals surface area contributed by atoms with E-state index in [0.29, 0.717) is 52.3 Å². The Kier molecular flexibility index (Phi) is 7.17. The first-order valence-electron chi connectivity index (χ1n) is 11.0. The van der Waals surface area contributed by atoms with Crippen LogP contribution in [0.4, 0.5) is 5.69 Å². The largest absolute Gasteiger partial charge is 0.490 e. The number of carboxylic acids is 1.